The number of carbonyl (C=O) groups excluding carboxylic acids is 2. The summed E-state index contributed by atoms with van der Waals surface area (Å²) in [4.78, 5) is 27.5. The van der Waals surface area contributed by atoms with Crippen molar-refractivity contribution in [3.63, 3.8) is 0 Å². The molecule has 0 aliphatic carbocycles. The highest BCUT2D eigenvalue weighted by atomic mass is 19.4. The highest BCUT2D eigenvalue weighted by molar-refractivity contribution is 6.51. The van der Waals surface area contributed by atoms with Crippen LogP contribution in [0.1, 0.15) is 29.7 Å². The van der Waals surface area contributed by atoms with E-state index in [1.807, 2.05) is 6.92 Å². The van der Waals surface area contributed by atoms with Crippen LogP contribution in [0, 0.1) is 6.92 Å². The first-order valence-electron chi connectivity index (χ1n) is 11.1. The second-order valence-corrected chi connectivity index (χ2v) is 8.04. The number of aliphatic hydroxyl groups is 1. The molecule has 9 heteroatoms. The van der Waals surface area contributed by atoms with Gasteiger partial charge in [-0.3, -0.25) is 14.5 Å². The number of aryl methyl sites for hydroxylation is 1. The lowest BCUT2D eigenvalue weighted by molar-refractivity contribution is -0.274. The second-order valence-electron chi connectivity index (χ2n) is 8.04. The first-order valence-corrected chi connectivity index (χ1v) is 11.1. The number of benzene rings is 3. The van der Waals surface area contributed by atoms with Gasteiger partial charge in [-0.25, -0.2) is 0 Å². The molecule has 1 aliphatic rings. The standard InChI is InChI=1S/C27H22F3NO5/c1-3-35-21-13-12-18(14-16(21)2)24(32)22-23(17-8-5-4-6-9-17)31(26(34)25(22)33)19-10-7-11-20(15-19)36-27(28,29)30/h4-15,23,32H,3H2,1-2H3/b24-22+. The van der Waals surface area contributed by atoms with E-state index < -0.39 is 35.6 Å². The number of ketones is 1. The van der Waals surface area contributed by atoms with Crippen LogP contribution in [0.2, 0.25) is 0 Å². The van der Waals surface area contributed by atoms with E-state index in [9.17, 15) is 27.9 Å². The number of halogens is 3. The molecule has 1 fully saturated rings. The van der Waals surface area contributed by atoms with E-state index in [0.29, 0.717) is 29.0 Å². The maximum absolute atomic E-state index is 13.2. The van der Waals surface area contributed by atoms with Crippen molar-refractivity contribution in [1.29, 1.82) is 0 Å². The third-order valence-corrected chi connectivity index (χ3v) is 5.64. The summed E-state index contributed by atoms with van der Waals surface area (Å²) in [6, 6.07) is 17.0. The Morgan fingerprint density at radius 2 is 1.72 bits per heavy atom. The van der Waals surface area contributed by atoms with Gasteiger partial charge in [-0.1, -0.05) is 36.4 Å². The summed E-state index contributed by atoms with van der Waals surface area (Å²) in [5, 5.41) is 11.2. The molecule has 0 radical (unpaired) electrons. The van der Waals surface area contributed by atoms with Gasteiger partial charge in [0.25, 0.3) is 11.7 Å². The molecule has 0 spiro atoms. The number of alkyl halides is 3. The van der Waals surface area contributed by atoms with Crippen LogP contribution in [0.15, 0.2) is 78.4 Å². The Morgan fingerprint density at radius 1 is 1.00 bits per heavy atom. The minimum atomic E-state index is -4.93. The summed E-state index contributed by atoms with van der Waals surface area (Å²) in [6.07, 6.45) is -4.93. The highest BCUT2D eigenvalue weighted by Crippen LogP contribution is 2.43. The maximum Gasteiger partial charge on any atom is 0.573 e. The summed E-state index contributed by atoms with van der Waals surface area (Å²) in [5.41, 5.74) is 1.32. The number of nitrogens with zero attached hydrogens (tertiary/aromatic N) is 1. The minimum absolute atomic E-state index is 0.00891. The number of amides is 1. The Bertz CT molecular complexity index is 1330. The number of hydrogen-bond acceptors (Lipinski definition) is 5. The third-order valence-electron chi connectivity index (χ3n) is 5.64. The molecule has 36 heavy (non-hydrogen) atoms. The van der Waals surface area contributed by atoms with Gasteiger partial charge in [0, 0.05) is 17.3 Å². The average Bonchev–Trinajstić information content (AvgIpc) is 3.10. The highest BCUT2D eigenvalue weighted by Gasteiger charge is 2.47. The van der Waals surface area contributed by atoms with Crippen LogP contribution < -0.4 is 14.4 Å². The fourth-order valence-corrected chi connectivity index (χ4v) is 4.15. The van der Waals surface area contributed by atoms with Crippen molar-refractivity contribution in [2.45, 2.75) is 26.3 Å². The van der Waals surface area contributed by atoms with Crippen LogP contribution in [-0.4, -0.2) is 29.8 Å². The lowest BCUT2D eigenvalue weighted by atomic mass is 9.94. The fraction of sp³-hybridized carbons (Fsp3) is 0.185. The molecule has 0 saturated carbocycles. The van der Waals surface area contributed by atoms with Crippen molar-refractivity contribution < 1.29 is 37.3 Å². The molecule has 0 bridgehead atoms. The van der Waals surface area contributed by atoms with E-state index in [4.69, 9.17) is 4.74 Å². The van der Waals surface area contributed by atoms with Crippen molar-refractivity contribution in [2.24, 2.45) is 0 Å². The van der Waals surface area contributed by atoms with Crippen LogP contribution in [-0.2, 0) is 9.59 Å². The molecule has 1 unspecified atom stereocenters. The molecule has 1 aliphatic heterocycles. The van der Waals surface area contributed by atoms with E-state index in [-0.39, 0.29) is 11.3 Å². The summed E-state index contributed by atoms with van der Waals surface area (Å²) < 4.78 is 47.9. The van der Waals surface area contributed by atoms with Gasteiger partial charge in [0.05, 0.1) is 18.2 Å². The van der Waals surface area contributed by atoms with Gasteiger partial charge in [0.15, 0.2) is 0 Å². The molecule has 0 aromatic heterocycles. The van der Waals surface area contributed by atoms with Gasteiger partial charge in [0.1, 0.15) is 17.3 Å². The largest absolute Gasteiger partial charge is 0.573 e. The third kappa shape index (κ3) is 4.91. The summed E-state index contributed by atoms with van der Waals surface area (Å²) in [6.45, 7) is 4.06. The molecule has 1 atom stereocenters. The number of rotatable bonds is 6. The van der Waals surface area contributed by atoms with Crippen LogP contribution in [0.25, 0.3) is 5.76 Å². The van der Waals surface area contributed by atoms with Gasteiger partial charge in [-0.15, -0.1) is 13.2 Å². The molecule has 4 rings (SSSR count). The minimum Gasteiger partial charge on any atom is -0.507 e. The number of Topliss-reactive ketones (excluding diaryl/α,β-unsaturated/α-hetero) is 1. The Kier molecular flexibility index (Phi) is 6.74. The SMILES string of the molecule is CCOc1ccc(/C(O)=C2\C(=O)C(=O)N(c3cccc(OC(F)(F)F)c3)C2c2ccccc2)cc1C. The second kappa shape index (κ2) is 9.77. The molecule has 1 saturated heterocycles. The summed E-state index contributed by atoms with van der Waals surface area (Å²) in [5.74, 6) is -2.29. The van der Waals surface area contributed by atoms with E-state index in [0.717, 1.165) is 17.0 Å². The molecule has 3 aromatic carbocycles. The van der Waals surface area contributed by atoms with Crippen molar-refractivity contribution >= 4 is 23.1 Å². The zero-order valence-corrected chi connectivity index (χ0v) is 19.4. The van der Waals surface area contributed by atoms with Gasteiger partial charge >= 0.3 is 6.36 Å². The zero-order chi connectivity index (χ0) is 26.0. The Balaban J connectivity index is 1.87. The normalized spacial score (nSPS) is 17.4. The molecular formula is C27H22F3NO5. The quantitative estimate of drug-likeness (QED) is 0.260. The fourth-order valence-electron chi connectivity index (χ4n) is 4.15. The van der Waals surface area contributed by atoms with Crippen molar-refractivity contribution in [1.82, 2.24) is 0 Å². The van der Waals surface area contributed by atoms with E-state index in [1.165, 1.54) is 12.1 Å². The number of carbonyl (C=O) groups is 2. The van der Waals surface area contributed by atoms with E-state index in [2.05, 4.69) is 4.74 Å². The van der Waals surface area contributed by atoms with Gasteiger partial charge in [-0.2, -0.15) is 0 Å². The molecule has 3 aromatic rings. The number of anilines is 1. The molecular weight excluding hydrogens is 475 g/mol. The Labute approximate surface area is 205 Å². The summed E-state index contributed by atoms with van der Waals surface area (Å²) >= 11 is 0. The molecule has 1 N–H and O–H groups in total. The molecule has 1 heterocycles. The first-order chi connectivity index (χ1) is 17.1. The van der Waals surface area contributed by atoms with Crippen LogP contribution in [0.5, 0.6) is 11.5 Å². The summed E-state index contributed by atoms with van der Waals surface area (Å²) in [7, 11) is 0. The van der Waals surface area contributed by atoms with Crippen molar-refractivity contribution in [3.8, 4) is 11.5 Å². The van der Waals surface area contributed by atoms with Crippen LogP contribution in [0.4, 0.5) is 18.9 Å². The maximum atomic E-state index is 13.2. The van der Waals surface area contributed by atoms with Crippen molar-refractivity contribution in [2.75, 3.05) is 11.5 Å². The van der Waals surface area contributed by atoms with Gasteiger partial charge in [0.2, 0.25) is 0 Å². The Hall–Kier alpha value is -4.27. The first kappa shape index (κ1) is 24.8. The Morgan fingerprint density at radius 3 is 2.36 bits per heavy atom. The lowest BCUT2D eigenvalue weighted by Gasteiger charge is -2.26. The zero-order valence-electron chi connectivity index (χ0n) is 19.4. The smallest absolute Gasteiger partial charge is 0.507 e. The van der Waals surface area contributed by atoms with Crippen LogP contribution in [0.3, 0.4) is 0 Å². The molecule has 186 valence electrons. The average molecular weight is 497 g/mol. The van der Waals surface area contributed by atoms with Gasteiger partial charge < -0.3 is 14.6 Å². The van der Waals surface area contributed by atoms with E-state index >= 15 is 0 Å². The predicted molar refractivity (Wildman–Crippen MR) is 127 cm³/mol. The van der Waals surface area contributed by atoms with Crippen LogP contribution >= 0.6 is 0 Å². The predicted octanol–water partition coefficient (Wildman–Crippen LogP) is 5.92. The lowest BCUT2D eigenvalue weighted by Crippen LogP contribution is -2.29. The van der Waals surface area contributed by atoms with E-state index in [1.54, 1.807) is 55.5 Å². The monoisotopic (exact) mass is 497 g/mol. The topological polar surface area (TPSA) is 76.1 Å². The number of ether oxygens (including phenoxy) is 2. The number of aliphatic hydroxyl groups excluding tert-OH is 1. The number of hydrogen-bond donors (Lipinski definition) is 1. The van der Waals surface area contributed by atoms with Gasteiger partial charge in [-0.05, 0) is 55.3 Å². The molecule has 1 amide bonds. The van der Waals surface area contributed by atoms with Crippen molar-refractivity contribution in [3.05, 3.63) is 95.1 Å². The molecule has 6 nitrogen and oxygen atoms in total.